The van der Waals surface area contributed by atoms with Crippen molar-refractivity contribution in [2.75, 3.05) is 6.26 Å². The molecule has 0 saturated carbocycles. The Morgan fingerprint density at radius 3 is 2.36 bits per heavy atom. The van der Waals surface area contributed by atoms with E-state index in [2.05, 4.69) is 17.4 Å². The Hall–Kier alpha value is -0.960. The number of carbonyl (C=O) groups excluding carboxylic acids is 1. The standard InChI is InChI=1S/C11H15NOS/c1-8(12-9(2)13)10-4-6-11(14-3)7-5-10/h4-8H,1-3H3,(H,12,13)/t8-/m1/s1. The van der Waals surface area contributed by atoms with Crippen LogP contribution in [0.25, 0.3) is 0 Å². The van der Waals surface area contributed by atoms with Gasteiger partial charge < -0.3 is 5.32 Å². The van der Waals surface area contributed by atoms with Crippen LogP contribution in [0.4, 0.5) is 0 Å². The quantitative estimate of drug-likeness (QED) is 0.775. The molecule has 14 heavy (non-hydrogen) atoms. The van der Waals surface area contributed by atoms with E-state index in [1.807, 2.05) is 25.3 Å². The third-order valence-electron chi connectivity index (χ3n) is 2.04. The molecule has 1 atom stereocenters. The molecular formula is C11H15NOS. The maximum absolute atomic E-state index is 10.8. The largest absolute Gasteiger partial charge is 0.350 e. The number of rotatable bonds is 3. The van der Waals surface area contributed by atoms with E-state index < -0.39 is 0 Å². The molecule has 0 saturated heterocycles. The maximum Gasteiger partial charge on any atom is 0.217 e. The van der Waals surface area contributed by atoms with E-state index in [9.17, 15) is 4.79 Å². The molecule has 76 valence electrons. The van der Waals surface area contributed by atoms with Crippen LogP contribution in [-0.2, 0) is 4.79 Å². The molecule has 1 aromatic carbocycles. The summed E-state index contributed by atoms with van der Waals surface area (Å²) in [7, 11) is 0. The van der Waals surface area contributed by atoms with Crippen LogP contribution in [0.2, 0.25) is 0 Å². The smallest absolute Gasteiger partial charge is 0.217 e. The highest BCUT2D eigenvalue weighted by molar-refractivity contribution is 7.98. The summed E-state index contributed by atoms with van der Waals surface area (Å²) in [5, 5.41) is 2.85. The molecule has 0 aromatic heterocycles. The van der Waals surface area contributed by atoms with Gasteiger partial charge in [-0.1, -0.05) is 12.1 Å². The summed E-state index contributed by atoms with van der Waals surface area (Å²) in [5.41, 5.74) is 1.14. The lowest BCUT2D eigenvalue weighted by Crippen LogP contribution is -2.23. The Morgan fingerprint density at radius 2 is 1.93 bits per heavy atom. The van der Waals surface area contributed by atoms with Gasteiger partial charge in [0, 0.05) is 11.8 Å². The lowest BCUT2D eigenvalue weighted by atomic mass is 10.1. The number of hydrogen-bond donors (Lipinski definition) is 1. The molecule has 0 bridgehead atoms. The number of amides is 1. The van der Waals surface area contributed by atoms with Crippen molar-refractivity contribution in [3.05, 3.63) is 29.8 Å². The zero-order valence-electron chi connectivity index (χ0n) is 8.70. The normalized spacial score (nSPS) is 12.2. The van der Waals surface area contributed by atoms with Gasteiger partial charge in [-0.3, -0.25) is 4.79 Å². The van der Waals surface area contributed by atoms with Crippen molar-refractivity contribution >= 4 is 17.7 Å². The van der Waals surface area contributed by atoms with Crippen LogP contribution in [0.3, 0.4) is 0 Å². The van der Waals surface area contributed by atoms with Crippen molar-refractivity contribution < 1.29 is 4.79 Å². The SMILES string of the molecule is CSc1ccc([C@@H](C)NC(C)=O)cc1. The minimum Gasteiger partial charge on any atom is -0.350 e. The molecule has 0 heterocycles. The number of nitrogens with one attached hydrogen (secondary N) is 1. The molecule has 1 aromatic rings. The second-order valence-electron chi connectivity index (χ2n) is 3.20. The fourth-order valence-electron chi connectivity index (χ4n) is 1.28. The lowest BCUT2D eigenvalue weighted by Gasteiger charge is -2.12. The Kier molecular flexibility index (Phi) is 4.01. The molecule has 2 nitrogen and oxygen atoms in total. The molecular weight excluding hydrogens is 194 g/mol. The zero-order valence-corrected chi connectivity index (χ0v) is 9.52. The first kappa shape index (κ1) is 11.1. The summed E-state index contributed by atoms with van der Waals surface area (Å²) < 4.78 is 0. The first-order chi connectivity index (χ1) is 6.63. The van der Waals surface area contributed by atoms with Crippen LogP contribution in [0, 0.1) is 0 Å². The van der Waals surface area contributed by atoms with Crippen LogP contribution < -0.4 is 5.32 Å². The maximum atomic E-state index is 10.8. The molecule has 1 N–H and O–H groups in total. The fourth-order valence-corrected chi connectivity index (χ4v) is 1.69. The number of benzene rings is 1. The average molecular weight is 209 g/mol. The van der Waals surface area contributed by atoms with Gasteiger partial charge in [-0.15, -0.1) is 11.8 Å². The summed E-state index contributed by atoms with van der Waals surface area (Å²) in [6, 6.07) is 8.32. The van der Waals surface area contributed by atoms with E-state index >= 15 is 0 Å². The van der Waals surface area contributed by atoms with Crippen molar-refractivity contribution in [1.82, 2.24) is 5.32 Å². The van der Waals surface area contributed by atoms with Crippen molar-refractivity contribution in [3.63, 3.8) is 0 Å². The van der Waals surface area contributed by atoms with Gasteiger partial charge in [0.15, 0.2) is 0 Å². The van der Waals surface area contributed by atoms with Gasteiger partial charge in [0.05, 0.1) is 6.04 Å². The molecule has 0 unspecified atom stereocenters. The molecule has 0 aliphatic carbocycles. The molecule has 3 heteroatoms. The zero-order chi connectivity index (χ0) is 10.6. The van der Waals surface area contributed by atoms with Gasteiger partial charge in [0.2, 0.25) is 5.91 Å². The Balaban J connectivity index is 2.71. The van der Waals surface area contributed by atoms with Gasteiger partial charge in [-0.25, -0.2) is 0 Å². The van der Waals surface area contributed by atoms with E-state index in [0.717, 1.165) is 5.56 Å². The second-order valence-corrected chi connectivity index (χ2v) is 4.08. The Bertz CT molecular complexity index is 308. The van der Waals surface area contributed by atoms with Gasteiger partial charge >= 0.3 is 0 Å². The first-order valence-electron chi connectivity index (χ1n) is 4.54. The van der Waals surface area contributed by atoms with Crippen LogP contribution in [0.1, 0.15) is 25.5 Å². The van der Waals surface area contributed by atoms with Crippen LogP contribution in [0.5, 0.6) is 0 Å². The van der Waals surface area contributed by atoms with Crippen LogP contribution in [0.15, 0.2) is 29.2 Å². The molecule has 0 spiro atoms. The predicted molar refractivity (Wildman–Crippen MR) is 60.5 cm³/mol. The molecule has 1 rings (SSSR count). The minimum absolute atomic E-state index is 0.00597. The van der Waals surface area contributed by atoms with E-state index in [-0.39, 0.29) is 11.9 Å². The summed E-state index contributed by atoms with van der Waals surface area (Å²) in [6.45, 7) is 3.52. The van der Waals surface area contributed by atoms with Gasteiger partial charge in [0.25, 0.3) is 0 Å². The molecule has 0 radical (unpaired) electrons. The summed E-state index contributed by atoms with van der Waals surface area (Å²) in [6.07, 6.45) is 2.05. The predicted octanol–water partition coefficient (Wildman–Crippen LogP) is 2.61. The van der Waals surface area contributed by atoms with E-state index in [0.29, 0.717) is 0 Å². The van der Waals surface area contributed by atoms with Crippen molar-refractivity contribution in [2.24, 2.45) is 0 Å². The average Bonchev–Trinajstić information content (AvgIpc) is 2.17. The third kappa shape index (κ3) is 3.07. The molecule has 0 aliphatic rings. The second kappa shape index (κ2) is 5.05. The highest BCUT2D eigenvalue weighted by atomic mass is 32.2. The van der Waals surface area contributed by atoms with E-state index in [1.54, 1.807) is 11.8 Å². The Morgan fingerprint density at radius 1 is 1.36 bits per heavy atom. The number of thioether (sulfide) groups is 1. The minimum atomic E-state index is 0.00597. The van der Waals surface area contributed by atoms with Crippen LogP contribution in [-0.4, -0.2) is 12.2 Å². The highest BCUT2D eigenvalue weighted by Gasteiger charge is 2.05. The number of hydrogen-bond acceptors (Lipinski definition) is 2. The van der Waals surface area contributed by atoms with Crippen LogP contribution >= 0.6 is 11.8 Å². The van der Waals surface area contributed by atoms with Gasteiger partial charge in [0.1, 0.15) is 0 Å². The summed E-state index contributed by atoms with van der Waals surface area (Å²) >= 11 is 1.72. The lowest BCUT2D eigenvalue weighted by molar-refractivity contribution is -0.119. The third-order valence-corrected chi connectivity index (χ3v) is 2.78. The van der Waals surface area contributed by atoms with Gasteiger partial charge in [-0.05, 0) is 30.9 Å². The topological polar surface area (TPSA) is 29.1 Å². The highest BCUT2D eigenvalue weighted by Crippen LogP contribution is 2.18. The number of carbonyl (C=O) groups is 1. The molecule has 0 aliphatic heterocycles. The van der Waals surface area contributed by atoms with Crippen molar-refractivity contribution in [2.45, 2.75) is 24.8 Å². The van der Waals surface area contributed by atoms with Crippen molar-refractivity contribution in [1.29, 1.82) is 0 Å². The molecule has 1 amide bonds. The Labute approximate surface area is 89.1 Å². The van der Waals surface area contributed by atoms with Crippen molar-refractivity contribution in [3.8, 4) is 0 Å². The first-order valence-corrected chi connectivity index (χ1v) is 5.77. The molecule has 0 fully saturated rings. The van der Waals surface area contributed by atoms with E-state index in [4.69, 9.17) is 0 Å². The van der Waals surface area contributed by atoms with Gasteiger partial charge in [-0.2, -0.15) is 0 Å². The fraction of sp³-hybridized carbons (Fsp3) is 0.364. The van der Waals surface area contributed by atoms with E-state index in [1.165, 1.54) is 11.8 Å². The summed E-state index contributed by atoms with van der Waals surface area (Å²) in [4.78, 5) is 12.1. The monoisotopic (exact) mass is 209 g/mol. The summed E-state index contributed by atoms with van der Waals surface area (Å²) in [5.74, 6) is 0.00597.